The Kier molecular flexibility index (Phi) is 8.87. The van der Waals surface area contributed by atoms with Gasteiger partial charge in [0, 0.05) is 39.7 Å². The second-order valence-electron chi connectivity index (χ2n) is 16.1. The van der Waals surface area contributed by atoms with Crippen LogP contribution in [0.15, 0.2) is 24.0 Å². The molecule has 1 spiro atoms. The topological polar surface area (TPSA) is 181 Å². The highest BCUT2D eigenvalue weighted by Gasteiger charge is 2.74. The van der Waals surface area contributed by atoms with Crippen LogP contribution in [0.4, 0.5) is 4.79 Å². The molecule has 53 heavy (non-hydrogen) atoms. The number of carbonyl (C=O) groups excluding carboxylic acids is 5. The molecule has 1 aromatic rings. The van der Waals surface area contributed by atoms with Crippen LogP contribution in [0.3, 0.4) is 0 Å². The van der Waals surface area contributed by atoms with Crippen molar-refractivity contribution in [1.82, 2.24) is 4.90 Å². The van der Waals surface area contributed by atoms with Crippen molar-refractivity contribution in [1.29, 1.82) is 0 Å². The van der Waals surface area contributed by atoms with Crippen molar-refractivity contribution in [3.63, 3.8) is 0 Å². The monoisotopic (exact) mass is 743 g/mol. The summed E-state index contributed by atoms with van der Waals surface area (Å²) in [5.74, 6) is -4.53. The number of likely N-dealkylation sites (tertiary alicyclic amines) is 1. The summed E-state index contributed by atoms with van der Waals surface area (Å²) in [6.07, 6.45) is -1.88. The lowest BCUT2D eigenvalue weighted by atomic mass is 9.50. The number of esters is 4. The zero-order valence-electron chi connectivity index (χ0n) is 31.1. The molecular formula is C37H45NO15. The number of cyclic esters (lactones) is 2. The van der Waals surface area contributed by atoms with Crippen LogP contribution in [0.1, 0.15) is 78.9 Å². The molecule has 0 unspecified atom stereocenters. The standard InChI is InChI=1S/C37H45NO15/c1-33(2,3)53-32(43)46-20-10-9-19-15-24-37(50-25(39)16-22-30(41)51-34(4,5)48-22)12-11-21(29-36(37,13-14-38(24)8)27(19)28(20)47-29)45-26(40)18-44-17-23-31(42)52-35(6,7)49-23/h9-11,22-24,29H,12-18H2,1-8H3/t22-,23-,24+,29-,36-,37+/m0/s1. The first kappa shape index (κ1) is 37.1. The number of hydrogen-bond acceptors (Lipinski definition) is 16. The fourth-order valence-electron chi connectivity index (χ4n) is 8.52. The maximum Gasteiger partial charge on any atom is 0.514 e. The molecule has 6 atom stereocenters. The van der Waals surface area contributed by atoms with E-state index in [1.807, 2.05) is 13.1 Å². The molecule has 1 aromatic carbocycles. The van der Waals surface area contributed by atoms with Crippen molar-refractivity contribution < 1.29 is 71.3 Å². The highest BCUT2D eigenvalue weighted by atomic mass is 16.8. The molecule has 4 heterocycles. The molecule has 4 aliphatic heterocycles. The number of carbonyl (C=O) groups is 5. The first-order chi connectivity index (χ1) is 24.7. The number of hydrogen-bond donors (Lipinski definition) is 0. The van der Waals surface area contributed by atoms with Gasteiger partial charge in [0.2, 0.25) is 11.6 Å². The Morgan fingerprint density at radius 1 is 0.943 bits per heavy atom. The molecule has 7 rings (SSSR count). The summed E-state index contributed by atoms with van der Waals surface area (Å²) in [6.45, 7) is 11.3. The molecule has 16 heteroatoms. The summed E-state index contributed by atoms with van der Waals surface area (Å²) in [7, 11) is 1.95. The Bertz CT molecular complexity index is 1780. The molecule has 0 aromatic heterocycles. The fourth-order valence-corrected chi connectivity index (χ4v) is 8.52. The Morgan fingerprint density at radius 2 is 1.62 bits per heavy atom. The van der Waals surface area contributed by atoms with Crippen molar-refractivity contribution in [2.45, 2.75) is 127 Å². The van der Waals surface area contributed by atoms with Gasteiger partial charge in [-0.15, -0.1) is 0 Å². The lowest BCUT2D eigenvalue weighted by Crippen LogP contribution is -2.75. The van der Waals surface area contributed by atoms with Gasteiger partial charge >= 0.3 is 30.0 Å². The lowest BCUT2D eigenvalue weighted by molar-refractivity contribution is -0.209. The van der Waals surface area contributed by atoms with E-state index < -0.39 is 83.1 Å². The molecule has 6 aliphatic rings. The predicted molar refractivity (Wildman–Crippen MR) is 177 cm³/mol. The van der Waals surface area contributed by atoms with Crippen LogP contribution in [0.25, 0.3) is 0 Å². The minimum atomic E-state index is -1.28. The van der Waals surface area contributed by atoms with Crippen molar-refractivity contribution in [3.8, 4) is 11.5 Å². The van der Waals surface area contributed by atoms with Crippen LogP contribution in [-0.2, 0) is 68.9 Å². The molecule has 0 amide bonds. The number of piperidine rings is 1. The third-order valence-corrected chi connectivity index (χ3v) is 10.3. The minimum absolute atomic E-state index is 0.0871. The number of rotatable bonds is 9. The second-order valence-corrected chi connectivity index (χ2v) is 16.1. The SMILES string of the molecule is CN1CC[C@]23c4c5ccc(OC(=O)OC(C)(C)C)c4O[C@H]2C(OC(=O)COC[C@@H]2OC(C)(C)OC2=O)=CC[C@@]3(OC(=O)C[C@@H]2OC(C)(C)OC2=O)[C@H]1C5. The Hall–Kier alpha value is -4.25. The summed E-state index contributed by atoms with van der Waals surface area (Å²) in [5, 5.41) is 0. The molecule has 3 fully saturated rings. The van der Waals surface area contributed by atoms with E-state index >= 15 is 0 Å². The van der Waals surface area contributed by atoms with E-state index in [9.17, 15) is 24.0 Å². The first-order valence-electron chi connectivity index (χ1n) is 17.7. The van der Waals surface area contributed by atoms with Gasteiger partial charge in [0.25, 0.3) is 0 Å². The van der Waals surface area contributed by atoms with Gasteiger partial charge in [-0.2, -0.15) is 0 Å². The highest BCUT2D eigenvalue weighted by Crippen LogP contribution is 2.66. The van der Waals surface area contributed by atoms with Crippen LogP contribution in [-0.4, -0.2) is 109 Å². The summed E-state index contributed by atoms with van der Waals surface area (Å²) in [6, 6.07) is 3.12. The van der Waals surface area contributed by atoms with E-state index in [1.54, 1.807) is 60.6 Å². The maximum atomic E-state index is 13.9. The van der Waals surface area contributed by atoms with Crippen molar-refractivity contribution in [2.75, 3.05) is 26.8 Å². The molecular weight excluding hydrogens is 698 g/mol. The Labute approximate surface area is 306 Å². The van der Waals surface area contributed by atoms with Gasteiger partial charge in [-0.3, -0.25) is 9.69 Å². The van der Waals surface area contributed by atoms with Crippen LogP contribution in [0.2, 0.25) is 0 Å². The average molecular weight is 744 g/mol. The van der Waals surface area contributed by atoms with Gasteiger partial charge in [0.1, 0.15) is 23.6 Å². The summed E-state index contributed by atoms with van der Waals surface area (Å²) in [4.78, 5) is 67.0. The highest BCUT2D eigenvalue weighted by molar-refractivity contribution is 5.84. The quantitative estimate of drug-likeness (QED) is 0.204. The van der Waals surface area contributed by atoms with E-state index in [0.29, 0.717) is 24.9 Å². The maximum absolute atomic E-state index is 13.9. The molecule has 16 nitrogen and oxygen atoms in total. The first-order valence-corrected chi connectivity index (χ1v) is 17.7. The van der Waals surface area contributed by atoms with Crippen LogP contribution in [0, 0.1) is 0 Å². The van der Waals surface area contributed by atoms with E-state index in [4.69, 9.17) is 47.4 Å². The zero-order valence-corrected chi connectivity index (χ0v) is 31.1. The minimum Gasteiger partial charge on any atom is -0.477 e. The molecule has 3 saturated heterocycles. The number of ether oxygens (including phenoxy) is 10. The number of likely N-dealkylation sites (N-methyl/N-ethyl adjacent to an activating group) is 1. The van der Waals surface area contributed by atoms with E-state index in [-0.39, 0.29) is 42.7 Å². The summed E-state index contributed by atoms with van der Waals surface area (Å²) < 4.78 is 57.5. The van der Waals surface area contributed by atoms with Gasteiger partial charge in [-0.25, -0.2) is 19.2 Å². The van der Waals surface area contributed by atoms with Crippen molar-refractivity contribution in [2.24, 2.45) is 0 Å². The van der Waals surface area contributed by atoms with Crippen LogP contribution in [0.5, 0.6) is 11.5 Å². The van der Waals surface area contributed by atoms with E-state index in [0.717, 1.165) is 5.56 Å². The summed E-state index contributed by atoms with van der Waals surface area (Å²) in [5.41, 5.74) is -1.67. The lowest BCUT2D eigenvalue weighted by Gasteiger charge is -2.62. The predicted octanol–water partition coefficient (Wildman–Crippen LogP) is 3.14. The molecule has 2 aliphatic carbocycles. The van der Waals surface area contributed by atoms with Crippen molar-refractivity contribution in [3.05, 3.63) is 35.1 Å². The van der Waals surface area contributed by atoms with Crippen molar-refractivity contribution >= 4 is 30.0 Å². The zero-order chi connectivity index (χ0) is 38.3. The largest absolute Gasteiger partial charge is 0.514 e. The average Bonchev–Trinajstić information content (AvgIpc) is 3.61. The number of nitrogens with zero attached hydrogens (tertiary/aromatic N) is 1. The smallest absolute Gasteiger partial charge is 0.477 e. The third-order valence-electron chi connectivity index (χ3n) is 10.3. The van der Waals surface area contributed by atoms with Gasteiger partial charge in [-0.1, -0.05) is 6.07 Å². The van der Waals surface area contributed by atoms with Crippen LogP contribution < -0.4 is 9.47 Å². The molecule has 0 radical (unpaired) electrons. The molecule has 0 N–H and O–H groups in total. The number of benzene rings is 1. The Balaban J connectivity index is 1.22. The van der Waals surface area contributed by atoms with Gasteiger partial charge in [-0.05, 0) is 64.9 Å². The molecule has 0 saturated carbocycles. The second kappa shape index (κ2) is 12.7. The third kappa shape index (κ3) is 6.53. The van der Waals surface area contributed by atoms with E-state index in [1.165, 1.54) is 0 Å². The van der Waals surface area contributed by atoms with Gasteiger partial charge < -0.3 is 47.4 Å². The van der Waals surface area contributed by atoms with Gasteiger partial charge in [0.05, 0.1) is 24.5 Å². The molecule has 2 bridgehead atoms. The summed E-state index contributed by atoms with van der Waals surface area (Å²) >= 11 is 0. The van der Waals surface area contributed by atoms with E-state index in [2.05, 4.69) is 4.90 Å². The fraction of sp³-hybridized carbons (Fsp3) is 0.649. The van der Waals surface area contributed by atoms with Gasteiger partial charge in [0.15, 0.2) is 29.8 Å². The normalized spacial score (nSPS) is 31.7. The van der Waals surface area contributed by atoms with Crippen LogP contribution >= 0.6 is 0 Å². The Morgan fingerprint density at radius 3 is 2.26 bits per heavy atom. The molecule has 288 valence electrons.